The van der Waals surface area contributed by atoms with Gasteiger partial charge in [0.2, 0.25) is 0 Å². The summed E-state index contributed by atoms with van der Waals surface area (Å²) in [6.45, 7) is 0. The fourth-order valence-electron chi connectivity index (χ4n) is 0.564. The molecule has 0 aromatic carbocycles. The molecule has 0 amide bonds. The van der Waals surface area contributed by atoms with Crippen LogP contribution in [0.25, 0.3) is 0 Å². The summed E-state index contributed by atoms with van der Waals surface area (Å²) in [5.74, 6) is -0.583. The fourth-order valence-corrected chi connectivity index (χ4v) is 0.564. The van der Waals surface area contributed by atoms with Gasteiger partial charge >= 0.3 is 0 Å². The van der Waals surface area contributed by atoms with E-state index in [0.29, 0.717) is 0 Å². The molecule has 1 aliphatic rings. The molecule has 0 saturated heterocycles. The molecule has 0 saturated carbocycles. The van der Waals surface area contributed by atoms with Gasteiger partial charge in [-0.15, -0.1) is 0 Å². The van der Waals surface area contributed by atoms with Crippen LogP contribution in [0.5, 0.6) is 0 Å². The molecule has 0 aliphatic heterocycles. The molecule has 2 N–H and O–H groups in total. The first-order chi connectivity index (χ1) is 4.20. The van der Waals surface area contributed by atoms with E-state index in [-0.39, 0.29) is 5.76 Å². The Morgan fingerprint density at radius 1 is 1.56 bits per heavy atom. The predicted molar refractivity (Wildman–Crippen MR) is 30.9 cm³/mol. The quantitative estimate of drug-likeness (QED) is 0.477. The lowest BCUT2D eigenvalue weighted by molar-refractivity contribution is -0.120. The van der Waals surface area contributed by atoms with Gasteiger partial charge in [-0.2, -0.15) is 0 Å². The molecule has 48 valence electrons. The molecule has 0 heterocycles. The summed E-state index contributed by atoms with van der Waals surface area (Å²) in [6, 6.07) is 0. The number of hydrogen-bond acceptors (Lipinski definition) is 3. The lowest BCUT2D eigenvalue weighted by atomic mass is 10.1. The van der Waals surface area contributed by atoms with Crippen LogP contribution in [0.15, 0.2) is 24.0 Å². The molecule has 1 atom stereocenters. The molecule has 1 aliphatic carbocycles. The number of aliphatic hydroxyl groups is 2. The molecule has 3 nitrogen and oxygen atoms in total. The van der Waals surface area contributed by atoms with Crippen LogP contribution >= 0.6 is 0 Å². The Hall–Kier alpha value is -1.09. The smallest absolute Gasteiger partial charge is 0.191 e. The van der Waals surface area contributed by atoms with Gasteiger partial charge in [-0.3, -0.25) is 4.79 Å². The first-order valence-electron chi connectivity index (χ1n) is 2.51. The van der Waals surface area contributed by atoms with Crippen LogP contribution in [0.4, 0.5) is 0 Å². The maximum absolute atomic E-state index is 10.5. The van der Waals surface area contributed by atoms with E-state index in [0.717, 1.165) is 6.08 Å². The topological polar surface area (TPSA) is 57.5 Å². The first-order valence-corrected chi connectivity index (χ1v) is 2.51. The Labute approximate surface area is 51.9 Å². The molecular weight excluding hydrogens is 120 g/mol. The summed E-state index contributed by atoms with van der Waals surface area (Å²) in [7, 11) is 0. The van der Waals surface area contributed by atoms with Crippen molar-refractivity contribution >= 4 is 5.78 Å². The first kappa shape index (κ1) is 6.04. The number of hydrogen-bond donors (Lipinski definition) is 2. The highest BCUT2D eigenvalue weighted by molar-refractivity contribution is 5.96. The van der Waals surface area contributed by atoms with Gasteiger partial charge in [0, 0.05) is 6.08 Å². The maximum Gasteiger partial charge on any atom is 0.191 e. The van der Waals surface area contributed by atoms with Gasteiger partial charge in [0.15, 0.2) is 5.78 Å². The third-order valence-electron chi connectivity index (χ3n) is 1.03. The Bertz CT molecular complexity index is 190. The maximum atomic E-state index is 10.5. The van der Waals surface area contributed by atoms with Crippen LogP contribution < -0.4 is 0 Å². The average Bonchev–Trinajstić information content (AvgIpc) is 1.80. The third-order valence-corrected chi connectivity index (χ3v) is 1.03. The van der Waals surface area contributed by atoms with E-state index in [1.165, 1.54) is 12.2 Å². The van der Waals surface area contributed by atoms with E-state index in [2.05, 4.69) is 0 Å². The number of allylic oxidation sites excluding steroid dienone is 1. The molecule has 0 radical (unpaired) electrons. The van der Waals surface area contributed by atoms with Crippen LogP contribution in [-0.4, -0.2) is 22.1 Å². The van der Waals surface area contributed by atoms with Crippen LogP contribution in [0, 0.1) is 0 Å². The molecule has 0 fully saturated rings. The normalized spacial score (nSPS) is 26.1. The Morgan fingerprint density at radius 3 is 2.67 bits per heavy atom. The zero-order chi connectivity index (χ0) is 6.85. The monoisotopic (exact) mass is 126 g/mol. The summed E-state index contributed by atoms with van der Waals surface area (Å²) in [4.78, 5) is 10.5. The number of rotatable bonds is 0. The number of carbonyl (C=O) groups is 1. The SMILES string of the molecule is O=C1C=C(O)C=CC1O. The Kier molecular flexibility index (Phi) is 1.36. The Morgan fingerprint density at radius 2 is 2.22 bits per heavy atom. The van der Waals surface area contributed by atoms with Gasteiger partial charge in [-0.25, -0.2) is 0 Å². The molecule has 1 unspecified atom stereocenters. The highest BCUT2D eigenvalue weighted by atomic mass is 16.3. The van der Waals surface area contributed by atoms with Crippen LogP contribution in [0.3, 0.4) is 0 Å². The number of aliphatic hydroxyl groups excluding tert-OH is 2. The van der Waals surface area contributed by atoms with Crippen molar-refractivity contribution in [1.82, 2.24) is 0 Å². The minimum Gasteiger partial charge on any atom is -0.508 e. The summed E-state index contributed by atoms with van der Waals surface area (Å²) in [6.07, 6.45) is 2.44. The average molecular weight is 126 g/mol. The van der Waals surface area contributed by atoms with Crippen molar-refractivity contribution in [2.75, 3.05) is 0 Å². The van der Waals surface area contributed by atoms with Crippen molar-refractivity contribution in [3.8, 4) is 0 Å². The van der Waals surface area contributed by atoms with E-state index in [4.69, 9.17) is 10.2 Å². The van der Waals surface area contributed by atoms with Crippen molar-refractivity contribution in [3.05, 3.63) is 24.0 Å². The van der Waals surface area contributed by atoms with Gasteiger partial charge in [0.1, 0.15) is 11.9 Å². The second-order valence-corrected chi connectivity index (χ2v) is 1.78. The zero-order valence-electron chi connectivity index (χ0n) is 4.61. The van der Waals surface area contributed by atoms with Crippen LogP contribution in [0.2, 0.25) is 0 Å². The fraction of sp³-hybridized carbons (Fsp3) is 0.167. The second kappa shape index (κ2) is 2.03. The van der Waals surface area contributed by atoms with Crippen molar-refractivity contribution in [3.63, 3.8) is 0 Å². The van der Waals surface area contributed by atoms with Gasteiger partial charge in [-0.1, -0.05) is 0 Å². The lowest BCUT2D eigenvalue weighted by Crippen LogP contribution is -2.17. The van der Waals surface area contributed by atoms with Crippen molar-refractivity contribution in [2.45, 2.75) is 6.10 Å². The summed E-state index contributed by atoms with van der Waals surface area (Å²) in [5, 5.41) is 17.3. The molecule has 0 bridgehead atoms. The van der Waals surface area contributed by atoms with Gasteiger partial charge in [0.25, 0.3) is 0 Å². The zero-order valence-corrected chi connectivity index (χ0v) is 4.61. The van der Waals surface area contributed by atoms with E-state index in [1.54, 1.807) is 0 Å². The molecule has 1 rings (SSSR count). The van der Waals surface area contributed by atoms with Gasteiger partial charge in [0.05, 0.1) is 0 Å². The van der Waals surface area contributed by atoms with E-state index >= 15 is 0 Å². The summed E-state index contributed by atoms with van der Waals surface area (Å²) in [5.41, 5.74) is 0. The van der Waals surface area contributed by atoms with E-state index in [1.807, 2.05) is 0 Å². The highest BCUT2D eigenvalue weighted by Crippen LogP contribution is 2.03. The standard InChI is InChI=1S/C6H6O3/c7-4-1-2-5(8)6(9)3-4/h1-3,5,7-8H. The summed E-state index contributed by atoms with van der Waals surface area (Å²) >= 11 is 0. The van der Waals surface area contributed by atoms with Gasteiger partial charge in [-0.05, 0) is 12.2 Å². The number of carbonyl (C=O) groups excluding carboxylic acids is 1. The molecule has 9 heavy (non-hydrogen) atoms. The molecule has 3 heteroatoms. The van der Waals surface area contributed by atoms with Crippen LogP contribution in [0.1, 0.15) is 0 Å². The summed E-state index contributed by atoms with van der Waals surface area (Å²) < 4.78 is 0. The van der Waals surface area contributed by atoms with Crippen molar-refractivity contribution in [1.29, 1.82) is 0 Å². The largest absolute Gasteiger partial charge is 0.508 e. The third kappa shape index (κ3) is 1.17. The second-order valence-electron chi connectivity index (χ2n) is 1.78. The van der Waals surface area contributed by atoms with Crippen molar-refractivity contribution < 1.29 is 15.0 Å². The molecule has 0 aromatic rings. The predicted octanol–water partition coefficient (Wildman–Crippen LogP) is -0.0719. The Balaban J connectivity index is 2.82. The lowest BCUT2D eigenvalue weighted by Gasteiger charge is -2.04. The minimum atomic E-state index is -1.07. The minimum absolute atomic E-state index is 0.106. The van der Waals surface area contributed by atoms with E-state index < -0.39 is 11.9 Å². The van der Waals surface area contributed by atoms with Crippen LogP contribution in [-0.2, 0) is 4.79 Å². The van der Waals surface area contributed by atoms with Crippen molar-refractivity contribution in [2.24, 2.45) is 0 Å². The highest BCUT2D eigenvalue weighted by Gasteiger charge is 2.12. The van der Waals surface area contributed by atoms with E-state index in [9.17, 15) is 4.79 Å². The van der Waals surface area contributed by atoms with Gasteiger partial charge < -0.3 is 10.2 Å². The molecule has 0 spiro atoms. The molecular formula is C6H6O3. The number of ketones is 1. The molecule has 0 aromatic heterocycles.